The predicted molar refractivity (Wildman–Crippen MR) is 167 cm³/mol. The van der Waals surface area contributed by atoms with Crippen LogP contribution in [0.25, 0.3) is 10.9 Å². The number of likely N-dealkylation sites (tertiary alicyclic amines) is 1. The Bertz CT molecular complexity index is 1530. The van der Waals surface area contributed by atoms with E-state index in [-0.39, 0.29) is 29.8 Å². The first-order valence-corrected chi connectivity index (χ1v) is 15.0. The molecule has 10 nitrogen and oxygen atoms in total. The highest BCUT2D eigenvalue weighted by atomic mass is 79.9. The molecule has 0 aliphatic carbocycles. The molecular weight excluding hydrogens is 619 g/mol. The minimum Gasteiger partial charge on any atom is -0.496 e. The highest BCUT2D eigenvalue weighted by Gasteiger charge is 2.42. The van der Waals surface area contributed by atoms with E-state index in [0.29, 0.717) is 57.6 Å². The standard InChI is InChI=1S/C31H38BrFN6O4/c1-17(34-5)29(41)38-27(31(2,3)4)30(42)39-11-7-8-24(39)25(40)13-18-12-20-23(15-26(18)43-6)35-16-36-28(20)37-22-10-9-19(33)14-21(22)32/h9-10,12,14-17,24,27,34H,7-8,11,13H2,1-6H3,(H,38,41)(H,35,36,37)/t17-,24-,27+/m0/s1. The molecule has 0 radical (unpaired) electrons. The van der Waals surface area contributed by atoms with E-state index in [1.54, 1.807) is 31.0 Å². The van der Waals surface area contributed by atoms with Gasteiger partial charge in [-0.1, -0.05) is 20.8 Å². The summed E-state index contributed by atoms with van der Waals surface area (Å²) in [6.07, 6.45) is 2.65. The lowest BCUT2D eigenvalue weighted by atomic mass is 9.85. The Balaban J connectivity index is 1.61. The molecular formula is C31H38BrFN6O4. The molecule has 2 aromatic carbocycles. The third-order valence-corrected chi connectivity index (χ3v) is 8.38. The number of Topliss-reactive ketones (excluding diaryl/α,β-unsaturated/α-hetero) is 1. The number of carbonyl (C=O) groups is 3. The quantitative estimate of drug-likeness (QED) is 0.291. The average Bonchev–Trinajstić information content (AvgIpc) is 3.46. The van der Waals surface area contributed by atoms with Crippen molar-refractivity contribution >= 4 is 55.9 Å². The molecule has 1 saturated heterocycles. The first kappa shape index (κ1) is 32.3. The summed E-state index contributed by atoms with van der Waals surface area (Å²) in [6.45, 7) is 7.84. The molecule has 2 amide bonds. The van der Waals surface area contributed by atoms with Gasteiger partial charge in [0.1, 0.15) is 29.8 Å². The number of ketones is 1. The number of halogens is 2. The zero-order chi connectivity index (χ0) is 31.5. The summed E-state index contributed by atoms with van der Waals surface area (Å²) in [4.78, 5) is 50.7. The molecule has 2 heterocycles. The van der Waals surface area contributed by atoms with E-state index >= 15 is 0 Å². The monoisotopic (exact) mass is 656 g/mol. The van der Waals surface area contributed by atoms with Crippen molar-refractivity contribution in [3.8, 4) is 5.75 Å². The average molecular weight is 658 g/mol. The lowest BCUT2D eigenvalue weighted by Crippen LogP contribution is -2.58. The predicted octanol–water partition coefficient (Wildman–Crippen LogP) is 4.53. The fourth-order valence-electron chi connectivity index (χ4n) is 5.16. The van der Waals surface area contributed by atoms with Crippen molar-refractivity contribution in [2.75, 3.05) is 26.0 Å². The number of nitrogens with one attached hydrogen (secondary N) is 3. The lowest BCUT2D eigenvalue weighted by Gasteiger charge is -2.36. The number of rotatable bonds is 10. The van der Waals surface area contributed by atoms with E-state index in [1.807, 2.05) is 26.8 Å². The van der Waals surface area contributed by atoms with Crippen molar-refractivity contribution in [2.24, 2.45) is 5.41 Å². The molecule has 4 rings (SSSR count). The largest absolute Gasteiger partial charge is 0.496 e. The van der Waals surface area contributed by atoms with Crippen LogP contribution in [0.3, 0.4) is 0 Å². The molecule has 0 spiro atoms. The summed E-state index contributed by atoms with van der Waals surface area (Å²) >= 11 is 3.37. The van der Waals surface area contributed by atoms with E-state index in [9.17, 15) is 18.8 Å². The van der Waals surface area contributed by atoms with Crippen LogP contribution in [0.15, 0.2) is 41.1 Å². The van der Waals surface area contributed by atoms with Gasteiger partial charge in [0.25, 0.3) is 0 Å². The molecule has 0 unspecified atom stereocenters. The van der Waals surface area contributed by atoms with Crippen LogP contribution in [-0.2, 0) is 20.8 Å². The molecule has 3 atom stereocenters. The Labute approximate surface area is 259 Å². The first-order chi connectivity index (χ1) is 20.3. The van der Waals surface area contributed by atoms with E-state index in [1.165, 1.54) is 25.6 Å². The third kappa shape index (κ3) is 7.30. The fourth-order valence-corrected chi connectivity index (χ4v) is 5.61. The highest BCUT2D eigenvalue weighted by molar-refractivity contribution is 9.10. The summed E-state index contributed by atoms with van der Waals surface area (Å²) in [7, 11) is 3.21. The number of likely N-dealkylation sites (N-methyl/N-ethyl adjacent to an activating group) is 1. The topological polar surface area (TPSA) is 126 Å². The van der Waals surface area contributed by atoms with Gasteiger partial charge in [-0.3, -0.25) is 14.4 Å². The number of amides is 2. The fraction of sp³-hybridized carbons (Fsp3) is 0.452. The van der Waals surface area contributed by atoms with Crippen LogP contribution in [0.2, 0.25) is 0 Å². The maximum absolute atomic E-state index is 13.8. The van der Waals surface area contributed by atoms with Crippen molar-refractivity contribution in [3.05, 3.63) is 52.5 Å². The van der Waals surface area contributed by atoms with Crippen molar-refractivity contribution in [1.82, 2.24) is 25.5 Å². The smallest absolute Gasteiger partial charge is 0.246 e. The summed E-state index contributed by atoms with van der Waals surface area (Å²) in [5.74, 6) is -0.0817. The normalized spacial score (nSPS) is 16.6. The van der Waals surface area contributed by atoms with Gasteiger partial charge in [0, 0.05) is 34.5 Å². The molecule has 0 saturated carbocycles. The van der Waals surface area contributed by atoms with E-state index in [2.05, 4.69) is 41.8 Å². The second kappa shape index (κ2) is 13.3. The molecule has 230 valence electrons. The Morgan fingerprint density at radius 3 is 2.58 bits per heavy atom. The molecule has 1 aliphatic rings. The molecule has 0 bridgehead atoms. The van der Waals surface area contributed by atoms with Gasteiger partial charge in [-0.2, -0.15) is 0 Å². The van der Waals surface area contributed by atoms with Crippen molar-refractivity contribution < 1.29 is 23.5 Å². The van der Waals surface area contributed by atoms with Crippen molar-refractivity contribution in [1.29, 1.82) is 0 Å². The van der Waals surface area contributed by atoms with Crippen LogP contribution in [0, 0.1) is 11.2 Å². The van der Waals surface area contributed by atoms with Gasteiger partial charge >= 0.3 is 0 Å². The summed E-state index contributed by atoms with van der Waals surface area (Å²) in [5.41, 5.74) is 1.26. The molecule has 1 fully saturated rings. The second-order valence-electron chi connectivity index (χ2n) is 11.8. The second-order valence-corrected chi connectivity index (χ2v) is 12.7. The number of aromatic nitrogens is 2. The Kier molecular flexibility index (Phi) is 10.0. The molecule has 43 heavy (non-hydrogen) atoms. The molecule has 1 aromatic heterocycles. The zero-order valence-corrected chi connectivity index (χ0v) is 26.8. The number of hydrogen-bond donors (Lipinski definition) is 3. The van der Waals surface area contributed by atoms with Crippen LogP contribution in [0.1, 0.15) is 46.1 Å². The number of hydrogen-bond acceptors (Lipinski definition) is 8. The minimum absolute atomic E-state index is 0.0193. The van der Waals surface area contributed by atoms with E-state index in [4.69, 9.17) is 4.74 Å². The Morgan fingerprint density at radius 1 is 1.19 bits per heavy atom. The van der Waals surface area contributed by atoms with Crippen LogP contribution in [0.5, 0.6) is 5.75 Å². The highest BCUT2D eigenvalue weighted by Crippen LogP contribution is 2.33. The van der Waals surface area contributed by atoms with E-state index < -0.39 is 23.5 Å². The molecule has 1 aliphatic heterocycles. The number of methoxy groups -OCH3 is 1. The van der Waals surface area contributed by atoms with Gasteiger partial charge in [0.15, 0.2) is 5.78 Å². The van der Waals surface area contributed by atoms with Crippen LogP contribution >= 0.6 is 15.9 Å². The van der Waals surface area contributed by atoms with Gasteiger partial charge in [-0.25, -0.2) is 14.4 Å². The minimum atomic E-state index is -0.795. The van der Waals surface area contributed by atoms with Crippen LogP contribution in [0.4, 0.5) is 15.9 Å². The van der Waals surface area contributed by atoms with Gasteiger partial charge in [-0.05, 0) is 72.4 Å². The Hall–Kier alpha value is -3.64. The zero-order valence-electron chi connectivity index (χ0n) is 25.3. The molecule has 3 N–H and O–H groups in total. The van der Waals surface area contributed by atoms with Gasteiger partial charge < -0.3 is 25.6 Å². The number of carbonyl (C=O) groups excluding carboxylic acids is 3. The van der Waals surface area contributed by atoms with Crippen molar-refractivity contribution in [2.45, 2.75) is 65.1 Å². The maximum atomic E-state index is 13.8. The van der Waals surface area contributed by atoms with Gasteiger partial charge in [-0.15, -0.1) is 0 Å². The first-order valence-electron chi connectivity index (χ1n) is 14.2. The third-order valence-electron chi connectivity index (χ3n) is 7.72. The summed E-state index contributed by atoms with van der Waals surface area (Å²) in [5, 5.41) is 9.65. The van der Waals surface area contributed by atoms with Gasteiger partial charge in [0.05, 0.1) is 30.4 Å². The van der Waals surface area contributed by atoms with Gasteiger partial charge in [0.2, 0.25) is 11.8 Å². The Morgan fingerprint density at radius 2 is 1.93 bits per heavy atom. The number of anilines is 2. The maximum Gasteiger partial charge on any atom is 0.246 e. The summed E-state index contributed by atoms with van der Waals surface area (Å²) in [6, 6.07) is 5.95. The summed E-state index contributed by atoms with van der Waals surface area (Å²) < 4.78 is 19.8. The SMILES string of the molecule is CN[C@@H](C)C(=O)N[C@H](C(=O)N1CCC[C@H]1C(=O)Cc1cc2c(Nc3ccc(F)cc3Br)ncnc2cc1OC)C(C)(C)C. The van der Waals surface area contributed by atoms with Crippen LogP contribution < -0.4 is 20.7 Å². The van der Waals surface area contributed by atoms with E-state index in [0.717, 1.165) is 0 Å². The number of nitrogens with zero attached hydrogens (tertiary/aromatic N) is 3. The number of fused-ring (bicyclic) bond motifs is 1. The van der Waals surface area contributed by atoms with Crippen molar-refractivity contribution in [3.63, 3.8) is 0 Å². The number of ether oxygens (including phenoxy) is 1. The molecule has 3 aromatic rings. The lowest BCUT2D eigenvalue weighted by molar-refractivity contribution is -0.143. The van der Waals surface area contributed by atoms with Crippen LogP contribution in [-0.4, -0.2) is 71.3 Å². The molecule has 12 heteroatoms. The number of benzene rings is 2.